The molecular formula is C29H28ClN7O3S. The lowest BCUT2D eigenvalue weighted by molar-refractivity contribution is -0.115. The Kier molecular flexibility index (Phi) is 7.91. The summed E-state index contributed by atoms with van der Waals surface area (Å²) in [5, 5.41) is 6.59. The van der Waals surface area contributed by atoms with Crippen molar-refractivity contribution >= 4 is 67.5 Å². The lowest BCUT2D eigenvalue weighted by Gasteiger charge is -2.19. The summed E-state index contributed by atoms with van der Waals surface area (Å²) in [5.74, 6) is 1.27. The number of hydrogen-bond acceptors (Lipinski definition) is 8. The third-order valence-corrected chi connectivity index (χ3v) is 7.66. The number of halogens is 1. The molecule has 0 atom stereocenters. The number of nitrogens with one attached hydrogen (secondary N) is 2. The first-order valence-corrected chi connectivity index (χ1v) is 15.1. The van der Waals surface area contributed by atoms with Crippen LogP contribution in [0.4, 0.5) is 29.1 Å². The lowest BCUT2D eigenvalue weighted by Crippen LogP contribution is -2.17. The highest BCUT2D eigenvalue weighted by Gasteiger charge is 2.15. The van der Waals surface area contributed by atoms with Crippen LogP contribution in [-0.2, 0) is 33.9 Å². The van der Waals surface area contributed by atoms with Gasteiger partial charge < -0.3 is 14.8 Å². The molecule has 0 radical (unpaired) electrons. The van der Waals surface area contributed by atoms with Crippen LogP contribution in [0.25, 0.3) is 11.0 Å². The van der Waals surface area contributed by atoms with E-state index < -0.39 is 9.84 Å². The van der Waals surface area contributed by atoms with Gasteiger partial charge in [0.15, 0.2) is 9.84 Å². The zero-order valence-electron chi connectivity index (χ0n) is 22.7. The summed E-state index contributed by atoms with van der Waals surface area (Å²) in [6.07, 6.45) is 3.01. The Bertz CT molecular complexity index is 1840. The number of fused-ring (bicyclic) bond motifs is 1. The maximum atomic E-state index is 12.7. The first-order chi connectivity index (χ1) is 19.6. The zero-order chi connectivity index (χ0) is 29.1. The van der Waals surface area contributed by atoms with E-state index in [9.17, 15) is 13.2 Å². The molecule has 12 heteroatoms. The molecule has 0 bridgehead atoms. The first-order valence-electron chi connectivity index (χ1n) is 12.7. The fourth-order valence-corrected chi connectivity index (χ4v) is 5.34. The van der Waals surface area contributed by atoms with E-state index in [-0.39, 0.29) is 18.1 Å². The Morgan fingerprint density at radius 1 is 1.02 bits per heavy atom. The third kappa shape index (κ3) is 6.82. The van der Waals surface area contributed by atoms with E-state index in [1.807, 2.05) is 60.0 Å². The molecule has 0 saturated heterocycles. The van der Waals surface area contributed by atoms with Crippen molar-refractivity contribution in [1.82, 2.24) is 19.5 Å². The van der Waals surface area contributed by atoms with Gasteiger partial charge in [-0.1, -0.05) is 41.9 Å². The van der Waals surface area contributed by atoms with Crippen molar-refractivity contribution < 1.29 is 13.2 Å². The molecule has 0 spiro atoms. The minimum Gasteiger partial charge on any atom is -0.329 e. The predicted molar refractivity (Wildman–Crippen MR) is 163 cm³/mol. The largest absolute Gasteiger partial charge is 0.329 e. The second-order valence-corrected chi connectivity index (χ2v) is 12.2. The van der Waals surface area contributed by atoms with Crippen molar-refractivity contribution in [3.8, 4) is 0 Å². The summed E-state index contributed by atoms with van der Waals surface area (Å²) in [6, 6.07) is 22.0. The highest BCUT2D eigenvalue weighted by molar-refractivity contribution is 7.89. The quantitative estimate of drug-likeness (QED) is 0.239. The van der Waals surface area contributed by atoms with Gasteiger partial charge in [-0.3, -0.25) is 10.1 Å². The molecule has 41 heavy (non-hydrogen) atoms. The van der Waals surface area contributed by atoms with Gasteiger partial charge in [0.05, 0.1) is 23.2 Å². The molecule has 2 aromatic heterocycles. The predicted octanol–water partition coefficient (Wildman–Crippen LogP) is 5.25. The van der Waals surface area contributed by atoms with Gasteiger partial charge in [-0.2, -0.15) is 4.98 Å². The van der Waals surface area contributed by atoms with E-state index in [1.165, 1.54) is 6.26 Å². The molecule has 3 aromatic carbocycles. The van der Waals surface area contributed by atoms with E-state index in [2.05, 4.69) is 25.6 Å². The van der Waals surface area contributed by atoms with Crippen LogP contribution in [0.2, 0.25) is 5.02 Å². The van der Waals surface area contributed by atoms with E-state index in [0.29, 0.717) is 33.8 Å². The summed E-state index contributed by atoms with van der Waals surface area (Å²) in [4.78, 5) is 28.2. The Hall–Kier alpha value is -4.48. The number of nitrogens with zero attached hydrogens (tertiary/aromatic N) is 5. The number of amides is 1. The van der Waals surface area contributed by atoms with Crippen molar-refractivity contribution in [3.05, 3.63) is 95.1 Å². The van der Waals surface area contributed by atoms with Crippen LogP contribution in [0.5, 0.6) is 0 Å². The van der Waals surface area contributed by atoms with Crippen LogP contribution in [0, 0.1) is 0 Å². The van der Waals surface area contributed by atoms with E-state index in [1.54, 1.807) is 42.6 Å². The Morgan fingerprint density at radius 2 is 1.78 bits per heavy atom. The Labute approximate surface area is 243 Å². The minimum absolute atomic E-state index is 0.0128. The molecule has 1 amide bonds. The summed E-state index contributed by atoms with van der Waals surface area (Å²) in [7, 11) is 0.635. The number of rotatable bonds is 9. The number of aromatic nitrogens is 4. The average molecular weight is 590 g/mol. The molecule has 0 unspecified atom stereocenters. The van der Waals surface area contributed by atoms with Gasteiger partial charge in [-0.05, 0) is 53.6 Å². The van der Waals surface area contributed by atoms with Crippen molar-refractivity contribution in [1.29, 1.82) is 0 Å². The number of carbonyl (C=O) groups is 1. The minimum atomic E-state index is -3.10. The smallest absolute Gasteiger partial charge is 0.231 e. The standard InChI is InChI=1S/C29H28ClN7O3S/c1-36(26-14-15-31-28(34-26)32-21-10-8-19(9-11-21)18-41(3,39)40)22-12-13-25-24(17-22)33-29(37(25)2)35-27(38)16-20-6-4-5-7-23(20)30/h4-15,17H,16,18H2,1-3H3,(H,31,32,34)(H,33,35,38). The van der Waals surface area contributed by atoms with E-state index >= 15 is 0 Å². The second-order valence-electron chi connectivity index (χ2n) is 9.67. The molecule has 0 aliphatic carbocycles. The van der Waals surface area contributed by atoms with Crippen molar-refractivity contribution in [2.24, 2.45) is 7.05 Å². The Morgan fingerprint density at radius 3 is 2.51 bits per heavy atom. The molecule has 10 nitrogen and oxygen atoms in total. The van der Waals surface area contributed by atoms with Crippen LogP contribution in [0.3, 0.4) is 0 Å². The van der Waals surface area contributed by atoms with Crippen LogP contribution in [0.1, 0.15) is 11.1 Å². The molecule has 210 valence electrons. The van der Waals surface area contributed by atoms with Gasteiger partial charge in [-0.25, -0.2) is 18.4 Å². The van der Waals surface area contributed by atoms with Gasteiger partial charge in [0, 0.05) is 42.9 Å². The fourth-order valence-electron chi connectivity index (χ4n) is 4.34. The molecule has 5 aromatic rings. The highest BCUT2D eigenvalue weighted by atomic mass is 35.5. The molecule has 0 aliphatic heterocycles. The summed E-state index contributed by atoms with van der Waals surface area (Å²) in [6.45, 7) is 0. The number of anilines is 5. The van der Waals surface area contributed by atoms with Gasteiger partial charge in [0.1, 0.15) is 5.82 Å². The maximum absolute atomic E-state index is 12.7. The van der Waals surface area contributed by atoms with Gasteiger partial charge in [0.2, 0.25) is 17.8 Å². The number of hydrogen-bond donors (Lipinski definition) is 2. The number of imidazole rings is 1. The topological polar surface area (TPSA) is 122 Å². The van der Waals surface area contributed by atoms with Crippen molar-refractivity contribution in [3.63, 3.8) is 0 Å². The monoisotopic (exact) mass is 589 g/mol. The molecule has 0 saturated carbocycles. The number of benzene rings is 3. The molecule has 0 fully saturated rings. The van der Waals surface area contributed by atoms with E-state index in [0.717, 1.165) is 22.5 Å². The third-order valence-electron chi connectivity index (χ3n) is 6.44. The fraction of sp³-hybridized carbons (Fsp3) is 0.172. The average Bonchev–Trinajstić information content (AvgIpc) is 3.24. The van der Waals surface area contributed by atoms with Crippen molar-refractivity contribution in [2.45, 2.75) is 12.2 Å². The van der Waals surface area contributed by atoms with Crippen LogP contribution in [-0.4, -0.2) is 47.1 Å². The summed E-state index contributed by atoms with van der Waals surface area (Å²) >= 11 is 6.20. The number of carbonyl (C=O) groups excluding carboxylic acids is 1. The van der Waals surface area contributed by atoms with E-state index in [4.69, 9.17) is 11.6 Å². The van der Waals surface area contributed by atoms with Crippen LogP contribution in [0.15, 0.2) is 79.0 Å². The molecular weight excluding hydrogens is 562 g/mol. The van der Waals surface area contributed by atoms with Crippen LogP contribution < -0.4 is 15.5 Å². The summed E-state index contributed by atoms with van der Waals surface area (Å²) < 4.78 is 24.9. The highest BCUT2D eigenvalue weighted by Crippen LogP contribution is 2.28. The van der Waals surface area contributed by atoms with Gasteiger partial charge in [0.25, 0.3) is 0 Å². The molecule has 2 N–H and O–H groups in total. The zero-order valence-corrected chi connectivity index (χ0v) is 24.2. The van der Waals surface area contributed by atoms with Gasteiger partial charge in [-0.15, -0.1) is 0 Å². The second kappa shape index (κ2) is 11.6. The normalized spacial score (nSPS) is 11.4. The van der Waals surface area contributed by atoms with Crippen molar-refractivity contribution in [2.75, 3.05) is 28.8 Å². The molecule has 2 heterocycles. The summed E-state index contributed by atoms with van der Waals surface area (Å²) in [5.41, 5.74) is 4.61. The molecule has 5 rings (SSSR count). The van der Waals surface area contributed by atoms with Crippen LogP contribution >= 0.6 is 11.6 Å². The molecule has 0 aliphatic rings. The maximum Gasteiger partial charge on any atom is 0.231 e. The van der Waals surface area contributed by atoms with Gasteiger partial charge >= 0.3 is 0 Å². The Balaban J connectivity index is 1.30. The number of sulfone groups is 1. The number of aryl methyl sites for hydroxylation is 1. The first kappa shape index (κ1) is 28.1. The SMILES string of the molecule is CN(c1ccc2c(c1)nc(NC(=O)Cc1ccccc1Cl)n2C)c1ccnc(Nc2ccc(CS(C)(=O)=O)cc2)n1. The lowest BCUT2D eigenvalue weighted by atomic mass is 10.1.